The standard InChI is InChI=1S/C18H20FN3O2.C2HF3O2/c19-14-5-3-9-21-18(14)24-16-7-6-15-17(16)23-11-10-22(15)12-13-4-1-2-8-20-13;3-2(4,5)1(6)7/h1-5,8-9,15-17H,6-7,10-12H2;(H,6,7)/t15-,16-,17+;/m0./s1. The van der Waals surface area contributed by atoms with Crippen molar-refractivity contribution in [2.45, 2.75) is 43.8 Å². The number of aliphatic carboxylic acids is 1. The highest BCUT2D eigenvalue weighted by molar-refractivity contribution is 5.73. The van der Waals surface area contributed by atoms with E-state index in [-0.39, 0.29) is 24.1 Å². The first-order valence-electron chi connectivity index (χ1n) is 9.58. The second kappa shape index (κ2) is 10.0. The van der Waals surface area contributed by atoms with Gasteiger partial charge < -0.3 is 14.6 Å². The van der Waals surface area contributed by atoms with E-state index in [1.165, 1.54) is 6.07 Å². The van der Waals surface area contributed by atoms with Crippen LogP contribution in [0.1, 0.15) is 18.5 Å². The number of halogens is 4. The minimum absolute atomic E-state index is 0.0520. The van der Waals surface area contributed by atoms with Crippen molar-refractivity contribution in [1.82, 2.24) is 14.9 Å². The van der Waals surface area contributed by atoms with Gasteiger partial charge in [-0.25, -0.2) is 14.2 Å². The van der Waals surface area contributed by atoms with Crippen LogP contribution in [0.2, 0.25) is 0 Å². The molecule has 2 fully saturated rings. The van der Waals surface area contributed by atoms with Crippen LogP contribution in [0.3, 0.4) is 0 Å². The number of alkyl halides is 3. The average Bonchev–Trinajstić information content (AvgIpc) is 3.14. The Morgan fingerprint density at radius 2 is 1.94 bits per heavy atom. The van der Waals surface area contributed by atoms with E-state index in [2.05, 4.69) is 14.9 Å². The predicted molar refractivity (Wildman–Crippen MR) is 99.7 cm³/mol. The van der Waals surface area contributed by atoms with E-state index in [0.717, 1.165) is 31.6 Å². The molecule has 31 heavy (non-hydrogen) atoms. The topological polar surface area (TPSA) is 84.8 Å². The molecule has 2 aromatic rings. The maximum absolute atomic E-state index is 13.8. The number of nitrogens with zero attached hydrogens (tertiary/aromatic N) is 3. The molecule has 0 spiro atoms. The van der Waals surface area contributed by atoms with Crippen molar-refractivity contribution in [1.29, 1.82) is 0 Å². The van der Waals surface area contributed by atoms with E-state index in [1.807, 2.05) is 24.4 Å². The summed E-state index contributed by atoms with van der Waals surface area (Å²) in [5, 5.41) is 7.12. The largest absolute Gasteiger partial charge is 0.490 e. The summed E-state index contributed by atoms with van der Waals surface area (Å²) < 4.78 is 57.3. The van der Waals surface area contributed by atoms with Gasteiger partial charge >= 0.3 is 12.1 Å². The number of hydrogen-bond donors (Lipinski definition) is 1. The molecule has 0 unspecified atom stereocenters. The summed E-state index contributed by atoms with van der Waals surface area (Å²) in [5.74, 6) is -3.12. The Bertz CT molecular complexity index is 869. The van der Waals surface area contributed by atoms with Crippen molar-refractivity contribution in [2.24, 2.45) is 0 Å². The number of carboxylic acids is 1. The fraction of sp³-hybridized carbons (Fsp3) is 0.450. The monoisotopic (exact) mass is 443 g/mol. The summed E-state index contributed by atoms with van der Waals surface area (Å²) in [6.07, 6.45) is -0.131. The number of aromatic nitrogens is 2. The van der Waals surface area contributed by atoms with Gasteiger partial charge in [0.15, 0.2) is 5.82 Å². The summed E-state index contributed by atoms with van der Waals surface area (Å²) in [7, 11) is 0. The van der Waals surface area contributed by atoms with Crippen LogP contribution < -0.4 is 4.74 Å². The number of ether oxygens (including phenoxy) is 2. The van der Waals surface area contributed by atoms with Crippen LogP contribution in [0.5, 0.6) is 5.88 Å². The number of hydrogen-bond acceptors (Lipinski definition) is 6. The third-order valence-electron chi connectivity index (χ3n) is 4.97. The third-order valence-corrected chi connectivity index (χ3v) is 4.97. The number of carbonyl (C=O) groups is 1. The Morgan fingerprint density at radius 1 is 1.19 bits per heavy atom. The maximum atomic E-state index is 13.8. The summed E-state index contributed by atoms with van der Waals surface area (Å²) in [4.78, 5) is 19.7. The zero-order valence-corrected chi connectivity index (χ0v) is 16.3. The molecule has 1 saturated carbocycles. The van der Waals surface area contributed by atoms with Gasteiger partial charge in [-0.05, 0) is 37.1 Å². The van der Waals surface area contributed by atoms with Crippen molar-refractivity contribution >= 4 is 5.97 Å². The molecule has 168 valence electrons. The first-order valence-corrected chi connectivity index (χ1v) is 9.58. The van der Waals surface area contributed by atoms with Crippen LogP contribution in [-0.4, -0.2) is 63.5 Å². The van der Waals surface area contributed by atoms with Crippen molar-refractivity contribution in [3.05, 3.63) is 54.2 Å². The van der Waals surface area contributed by atoms with Crippen LogP contribution in [-0.2, 0) is 16.1 Å². The van der Waals surface area contributed by atoms with Gasteiger partial charge in [-0.15, -0.1) is 0 Å². The lowest BCUT2D eigenvalue weighted by molar-refractivity contribution is -0.192. The molecule has 0 aromatic carbocycles. The number of carboxylic acid groups (broad SMARTS) is 1. The number of rotatable bonds is 4. The highest BCUT2D eigenvalue weighted by Crippen LogP contribution is 2.33. The molecule has 0 amide bonds. The van der Waals surface area contributed by atoms with Gasteiger partial charge in [-0.2, -0.15) is 13.2 Å². The molecule has 1 saturated heterocycles. The van der Waals surface area contributed by atoms with E-state index < -0.39 is 18.0 Å². The van der Waals surface area contributed by atoms with E-state index in [4.69, 9.17) is 19.4 Å². The van der Waals surface area contributed by atoms with Crippen LogP contribution in [0, 0.1) is 5.82 Å². The fourth-order valence-electron chi connectivity index (χ4n) is 3.62. The molecule has 3 atom stereocenters. The molecular weight excluding hydrogens is 422 g/mol. The highest BCUT2D eigenvalue weighted by Gasteiger charge is 2.44. The molecule has 1 aliphatic heterocycles. The molecule has 0 radical (unpaired) electrons. The predicted octanol–water partition coefficient (Wildman–Crippen LogP) is 3.06. The van der Waals surface area contributed by atoms with Crippen LogP contribution in [0.4, 0.5) is 17.6 Å². The Hall–Kier alpha value is -2.79. The smallest absolute Gasteiger partial charge is 0.475 e. The van der Waals surface area contributed by atoms with E-state index in [1.54, 1.807) is 12.3 Å². The summed E-state index contributed by atoms with van der Waals surface area (Å²) in [6, 6.07) is 9.17. The van der Waals surface area contributed by atoms with Gasteiger partial charge in [0.25, 0.3) is 5.88 Å². The fourth-order valence-corrected chi connectivity index (χ4v) is 3.62. The Kier molecular flexibility index (Phi) is 7.39. The maximum Gasteiger partial charge on any atom is 0.490 e. The SMILES string of the molecule is Fc1cccnc1O[C@H]1CC[C@H]2[C@H]1OCCN2Cc1ccccn1.O=C(O)C(F)(F)F. The van der Waals surface area contributed by atoms with Crippen LogP contribution in [0.15, 0.2) is 42.7 Å². The van der Waals surface area contributed by atoms with E-state index in [9.17, 15) is 17.6 Å². The first-order chi connectivity index (χ1) is 14.8. The van der Waals surface area contributed by atoms with Gasteiger partial charge in [0.05, 0.1) is 12.3 Å². The molecule has 11 heteroatoms. The molecule has 7 nitrogen and oxygen atoms in total. The Labute approximate surface area is 175 Å². The number of pyridine rings is 2. The molecule has 3 heterocycles. The van der Waals surface area contributed by atoms with Gasteiger partial charge in [0.1, 0.15) is 12.2 Å². The van der Waals surface area contributed by atoms with Gasteiger partial charge in [0.2, 0.25) is 0 Å². The second-order valence-corrected chi connectivity index (χ2v) is 7.02. The van der Waals surface area contributed by atoms with Crippen molar-refractivity contribution in [3.63, 3.8) is 0 Å². The van der Waals surface area contributed by atoms with Crippen molar-refractivity contribution in [2.75, 3.05) is 13.2 Å². The lowest BCUT2D eigenvalue weighted by Crippen LogP contribution is -2.51. The quantitative estimate of drug-likeness (QED) is 0.727. The minimum atomic E-state index is -5.08. The first kappa shape index (κ1) is 22.9. The number of fused-ring (bicyclic) bond motifs is 1. The molecule has 0 bridgehead atoms. The zero-order chi connectivity index (χ0) is 22.4. The summed E-state index contributed by atoms with van der Waals surface area (Å²) in [6.45, 7) is 2.33. The molecule has 2 aromatic heterocycles. The lowest BCUT2D eigenvalue weighted by Gasteiger charge is -2.38. The summed E-state index contributed by atoms with van der Waals surface area (Å²) in [5.41, 5.74) is 1.05. The normalized spacial score (nSPS) is 23.4. The van der Waals surface area contributed by atoms with Gasteiger partial charge in [-0.3, -0.25) is 9.88 Å². The van der Waals surface area contributed by atoms with Gasteiger partial charge in [0, 0.05) is 31.5 Å². The van der Waals surface area contributed by atoms with Crippen LogP contribution >= 0.6 is 0 Å². The Balaban J connectivity index is 0.000000339. The Morgan fingerprint density at radius 3 is 2.58 bits per heavy atom. The van der Waals surface area contributed by atoms with E-state index in [0.29, 0.717) is 6.61 Å². The van der Waals surface area contributed by atoms with Gasteiger partial charge in [-0.1, -0.05) is 6.07 Å². The van der Waals surface area contributed by atoms with Crippen LogP contribution in [0.25, 0.3) is 0 Å². The summed E-state index contributed by atoms with van der Waals surface area (Å²) >= 11 is 0. The number of morpholine rings is 1. The van der Waals surface area contributed by atoms with Crippen molar-refractivity contribution < 1.29 is 36.9 Å². The highest BCUT2D eigenvalue weighted by atomic mass is 19.4. The van der Waals surface area contributed by atoms with E-state index >= 15 is 0 Å². The average molecular weight is 443 g/mol. The molecule has 1 N–H and O–H groups in total. The lowest BCUT2D eigenvalue weighted by atomic mass is 10.1. The molecule has 1 aliphatic carbocycles. The minimum Gasteiger partial charge on any atom is -0.475 e. The molecular formula is C20H21F4N3O4. The zero-order valence-electron chi connectivity index (χ0n) is 16.3. The third kappa shape index (κ3) is 6.11. The second-order valence-electron chi connectivity index (χ2n) is 7.02. The van der Waals surface area contributed by atoms with Crippen molar-refractivity contribution in [3.8, 4) is 5.88 Å². The molecule has 2 aliphatic rings. The molecule has 4 rings (SSSR count).